The van der Waals surface area contributed by atoms with E-state index in [0.717, 1.165) is 0 Å². The van der Waals surface area contributed by atoms with Gasteiger partial charge in [-0.15, -0.1) is 0 Å². The minimum Gasteiger partial charge on any atom is -0.507 e. The normalized spacial score (nSPS) is 10.8. The smallest absolute Gasteiger partial charge is 0.303 e. The SMILES string of the molecule is COc1ccc(O)c(C(=O)c2ccc3nc(C)c(CCC(=O)O)c(=O)n3c2)c1. The van der Waals surface area contributed by atoms with Crippen molar-refractivity contribution in [3.8, 4) is 11.5 Å². The first-order valence-electron chi connectivity index (χ1n) is 8.47. The second kappa shape index (κ2) is 7.51. The molecule has 8 nitrogen and oxygen atoms in total. The quantitative estimate of drug-likeness (QED) is 0.626. The van der Waals surface area contributed by atoms with Crippen LogP contribution >= 0.6 is 0 Å². The fourth-order valence-electron chi connectivity index (χ4n) is 2.92. The minimum absolute atomic E-state index is 0.0397. The maximum Gasteiger partial charge on any atom is 0.303 e. The highest BCUT2D eigenvalue weighted by Gasteiger charge is 2.17. The number of nitrogens with zero attached hydrogens (tertiary/aromatic N) is 2. The standard InChI is InChI=1S/C20H18N2O6/c1-11-14(5-8-18(24)25)20(27)22-10-12(3-7-17(22)21-11)19(26)15-9-13(28-2)4-6-16(15)23/h3-4,6-7,9-10,23H,5,8H2,1-2H3,(H,24,25). The van der Waals surface area contributed by atoms with Crippen LogP contribution in [0.4, 0.5) is 0 Å². The topological polar surface area (TPSA) is 118 Å². The van der Waals surface area contributed by atoms with Crippen molar-refractivity contribution >= 4 is 17.4 Å². The van der Waals surface area contributed by atoms with E-state index in [1.807, 2.05) is 0 Å². The van der Waals surface area contributed by atoms with Gasteiger partial charge in [-0.05, 0) is 43.7 Å². The Hall–Kier alpha value is -3.68. The maximum absolute atomic E-state index is 12.8. The number of rotatable bonds is 6. The molecule has 0 aliphatic carbocycles. The average Bonchev–Trinajstić information content (AvgIpc) is 2.67. The van der Waals surface area contributed by atoms with E-state index < -0.39 is 17.3 Å². The van der Waals surface area contributed by atoms with Gasteiger partial charge in [-0.25, -0.2) is 4.98 Å². The van der Waals surface area contributed by atoms with Gasteiger partial charge in [-0.3, -0.25) is 18.8 Å². The molecule has 1 aromatic carbocycles. The predicted octanol–water partition coefficient (Wildman–Crippen LogP) is 1.97. The maximum atomic E-state index is 12.8. The molecule has 2 aromatic heterocycles. The second-order valence-electron chi connectivity index (χ2n) is 6.23. The first-order valence-corrected chi connectivity index (χ1v) is 8.47. The number of aliphatic carboxylic acids is 1. The molecule has 0 unspecified atom stereocenters. The number of aromatic hydroxyl groups is 1. The van der Waals surface area contributed by atoms with E-state index in [1.165, 1.54) is 48.0 Å². The minimum atomic E-state index is -1.01. The molecule has 0 saturated heterocycles. The van der Waals surface area contributed by atoms with E-state index in [2.05, 4.69) is 4.98 Å². The number of aryl methyl sites for hydroxylation is 1. The summed E-state index contributed by atoms with van der Waals surface area (Å²) in [7, 11) is 1.45. The largest absolute Gasteiger partial charge is 0.507 e. The summed E-state index contributed by atoms with van der Waals surface area (Å²) in [4.78, 5) is 40.8. The number of hydrogen-bond donors (Lipinski definition) is 2. The van der Waals surface area contributed by atoms with Gasteiger partial charge >= 0.3 is 5.97 Å². The highest BCUT2D eigenvalue weighted by Crippen LogP contribution is 2.25. The van der Waals surface area contributed by atoms with Crippen LogP contribution in [0.15, 0.2) is 41.3 Å². The number of methoxy groups -OCH3 is 1. The molecule has 0 spiro atoms. The number of carboxylic acid groups (broad SMARTS) is 1. The van der Waals surface area contributed by atoms with E-state index in [-0.39, 0.29) is 35.3 Å². The fourth-order valence-corrected chi connectivity index (χ4v) is 2.92. The molecule has 2 heterocycles. The fraction of sp³-hybridized carbons (Fsp3) is 0.200. The van der Waals surface area contributed by atoms with Gasteiger partial charge in [0.05, 0.1) is 12.7 Å². The lowest BCUT2D eigenvalue weighted by Gasteiger charge is -2.10. The van der Waals surface area contributed by atoms with Crippen LogP contribution in [0, 0.1) is 6.92 Å². The van der Waals surface area contributed by atoms with E-state index in [1.54, 1.807) is 6.92 Å². The van der Waals surface area contributed by atoms with Gasteiger partial charge < -0.3 is 14.9 Å². The number of phenols is 1. The van der Waals surface area contributed by atoms with Crippen LogP contribution in [0.5, 0.6) is 11.5 Å². The van der Waals surface area contributed by atoms with Gasteiger partial charge in [0.15, 0.2) is 5.78 Å². The zero-order valence-corrected chi connectivity index (χ0v) is 15.3. The van der Waals surface area contributed by atoms with Crippen molar-refractivity contribution in [3.63, 3.8) is 0 Å². The molecule has 2 N–H and O–H groups in total. The van der Waals surface area contributed by atoms with Gasteiger partial charge in [0, 0.05) is 29.4 Å². The van der Waals surface area contributed by atoms with E-state index in [4.69, 9.17) is 9.84 Å². The van der Waals surface area contributed by atoms with Crippen molar-refractivity contribution in [2.75, 3.05) is 7.11 Å². The number of aromatic nitrogens is 2. The Morgan fingerprint density at radius 1 is 1.21 bits per heavy atom. The average molecular weight is 382 g/mol. The van der Waals surface area contributed by atoms with Gasteiger partial charge in [-0.2, -0.15) is 0 Å². The van der Waals surface area contributed by atoms with Gasteiger partial charge in [-0.1, -0.05) is 0 Å². The first kappa shape index (κ1) is 19.1. The Labute approximate surface area is 159 Å². The summed E-state index contributed by atoms with van der Waals surface area (Å²) in [6.45, 7) is 1.64. The Balaban J connectivity index is 2.10. The summed E-state index contributed by atoms with van der Waals surface area (Å²) in [5.41, 5.74) is 0.872. The number of carbonyl (C=O) groups is 2. The summed E-state index contributed by atoms with van der Waals surface area (Å²) >= 11 is 0. The highest BCUT2D eigenvalue weighted by atomic mass is 16.5. The summed E-state index contributed by atoms with van der Waals surface area (Å²) in [5, 5.41) is 18.9. The molecule has 28 heavy (non-hydrogen) atoms. The van der Waals surface area contributed by atoms with Crippen molar-refractivity contribution in [2.45, 2.75) is 19.8 Å². The predicted molar refractivity (Wildman–Crippen MR) is 100 cm³/mol. The van der Waals surface area contributed by atoms with Crippen molar-refractivity contribution in [3.05, 3.63) is 69.3 Å². The Bertz CT molecular complexity index is 1150. The molecule has 8 heteroatoms. The molecule has 0 aliphatic heterocycles. The second-order valence-corrected chi connectivity index (χ2v) is 6.23. The van der Waals surface area contributed by atoms with Crippen molar-refractivity contribution < 1.29 is 24.5 Å². The number of fused-ring (bicyclic) bond motifs is 1. The third-order valence-electron chi connectivity index (χ3n) is 4.42. The number of phenolic OH excluding ortho intramolecular Hbond substituents is 1. The molecule has 0 bridgehead atoms. The first-order chi connectivity index (χ1) is 13.3. The monoisotopic (exact) mass is 382 g/mol. The lowest BCUT2D eigenvalue weighted by molar-refractivity contribution is -0.136. The van der Waals surface area contributed by atoms with Crippen LogP contribution in [0.2, 0.25) is 0 Å². The molecule has 0 fully saturated rings. The molecular formula is C20H18N2O6. The molecule has 0 radical (unpaired) electrons. The van der Waals surface area contributed by atoms with Crippen molar-refractivity contribution in [1.29, 1.82) is 0 Å². The Morgan fingerprint density at radius 2 is 1.96 bits per heavy atom. The number of ether oxygens (including phenoxy) is 1. The molecule has 0 atom stereocenters. The van der Waals surface area contributed by atoms with Crippen LogP contribution in [-0.2, 0) is 11.2 Å². The molecule has 3 rings (SSSR count). The number of ketones is 1. The third kappa shape index (κ3) is 3.57. The van der Waals surface area contributed by atoms with Gasteiger partial charge in [0.25, 0.3) is 5.56 Å². The highest BCUT2D eigenvalue weighted by molar-refractivity contribution is 6.10. The molecule has 144 valence electrons. The van der Waals surface area contributed by atoms with Crippen molar-refractivity contribution in [1.82, 2.24) is 9.38 Å². The van der Waals surface area contributed by atoms with Crippen LogP contribution < -0.4 is 10.3 Å². The van der Waals surface area contributed by atoms with Crippen LogP contribution in [-0.4, -0.2) is 38.5 Å². The summed E-state index contributed by atoms with van der Waals surface area (Å²) in [6.07, 6.45) is 1.19. The summed E-state index contributed by atoms with van der Waals surface area (Å²) < 4.78 is 6.30. The molecular weight excluding hydrogens is 364 g/mol. The van der Waals surface area contributed by atoms with Crippen LogP contribution in [0.25, 0.3) is 5.65 Å². The zero-order chi connectivity index (χ0) is 20.4. The van der Waals surface area contributed by atoms with Gasteiger partial charge in [0.2, 0.25) is 0 Å². The Morgan fingerprint density at radius 3 is 2.64 bits per heavy atom. The van der Waals surface area contributed by atoms with Crippen molar-refractivity contribution in [2.24, 2.45) is 0 Å². The number of benzene rings is 1. The number of hydrogen-bond acceptors (Lipinski definition) is 6. The van der Waals surface area contributed by atoms with E-state index in [9.17, 15) is 19.5 Å². The lowest BCUT2D eigenvalue weighted by atomic mass is 10.0. The molecule has 0 aliphatic rings. The lowest BCUT2D eigenvalue weighted by Crippen LogP contribution is -2.23. The molecule has 0 saturated carbocycles. The third-order valence-corrected chi connectivity index (χ3v) is 4.42. The zero-order valence-electron chi connectivity index (χ0n) is 15.3. The van der Waals surface area contributed by atoms with Gasteiger partial charge in [0.1, 0.15) is 17.1 Å². The number of pyridine rings is 1. The molecule has 3 aromatic rings. The van der Waals surface area contributed by atoms with E-state index in [0.29, 0.717) is 17.1 Å². The Kier molecular flexibility index (Phi) is 5.12. The van der Waals surface area contributed by atoms with Crippen LogP contribution in [0.3, 0.4) is 0 Å². The summed E-state index contributed by atoms with van der Waals surface area (Å²) in [5.74, 6) is -1.30. The van der Waals surface area contributed by atoms with Crippen LogP contribution in [0.1, 0.15) is 33.6 Å². The van der Waals surface area contributed by atoms with E-state index >= 15 is 0 Å². The molecule has 0 amide bonds. The number of carboxylic acids is 1. The summed E-state index contributed by atoms with van der Waals surface area (Å²) in [6, 6.07) is 7.34. The number of carbonyl (C=O) groups excluding carboxylic acids is 1.